The van der Waals surface area contributed by atoms with Crippen molar-refractivity contribution in [2.75, 3.05) is 12.3 Å². The topological polar surface area (TPSA) is 79.8 Å². The lowest BCUT2D eigenvalue weighted by Gasteiger charge is -2.03. The van der Waals surface area contributed by atoms with Gasteiger partial charge in [-0.1, -0.05) is 6.92 Å². The molecule has 2 aromatic carbocycles. The van der Waals surface area contributed by atoms with Crippen molar-refractivity contribution in [2.45, 2.75) is 13.3 Å². The summed E-state index contributed by atoms with van der Waals surface area (Å²) in [5.74, 6) is -0.0705. The molecule has 0 atom stereocenters. The van der Waals surface area contributed by atoms with Gasteiger partial charge in [0.1, 0.15) is 0 Å². The fourth-order valence-electron chi connectivity index (χ4n) is 1.68. The van der Waals surface area contributed by atoms with Gasteiger partial charge in [0.25, 0.3) is 5.91 Å². The number of nitrogens with one attached hydrogen (secondary N) is 1. The van der Waals surface area contributed by atoms with E-state index >= 15 is 0 Å². The lowest BCUT2D eigenvalue weighted by molar-refractivity contribution is 0.0953. The normalized spacial score (nSPS) is 10.7. The van der Waals surface area contributed by atoms with Crippen LogP contribution in [0.3, 0.4) is 0 Å². The average molecular weight is 282 g/mol. The van der Waals surface area contributed by atoms with E-state index in [1.807, 2.05) is 6.92 Å². The maximum atomic E-state index is 11.7. The molecule has 0 saturated heterocycles. The molecule has 1 amide bonds. The van der Waals surface area contributed by atoms with Gasteiger partial charge in [0.2, 0.25) is 0 Å². The standard InChI is InChI=1S/C16H18N4O/c1-2-11-18-16(21)12-3-7-14(8-4-12)19-20-15-9-5-13(17)6-10-15/h3-10H,2,11,17H2,1H3,(H,18,21). The van der Waals surface area contributed by atoms with Crippen molar-refractivity contribution in [3.05, 3.63) is 54.1 Å². The molecule has 2 rings (SSSR count). The number of carbonyl (C=O) groups is 1. The van der Waals surface area contributed by atoms with E-state index in [0.29, 0.717) is 23.5 Å². The van der Waals surface area contributed by atoms with Crippen LogP contribution in [0.2, 0.25) is 0 Å². The van der Waals surface area contributed by atoms with E-state index in [9.17, 15) is 4.79 Å². The largest absolute Gasteiger partial charge is 0.399 e. The van der Waals surface area contributed by atoms with Crippen LogP contribution in [0.4, 0.5) is 17.1 Å². The highest BCUT2D eigenvalue weighted by Crippen LogP contribution is 2.19. The molecule has 0 fully saturated rings. The van der Waals surface area contributed by atoms with Crippen molar-refractivity contribution < 1.29 is 4.79 Å². The number of hydrogen-bond acceptors (Lipinski definition) is 4. The Bertz CT molecular complexity index is 618. The zero-order valence-electron chi connectivity index (χ0n) is 11.9. The monoisotopic (exact) mass is 282 g/mol. The van der Waals surface area contributed by atoms with Crippen molar-refractivity contribution in [3.8, 4) is 0 Å². The molecule has 5 heteroatoms. The van der Waals surface area contributed by atoms with Crippen LogP contribution in [0.15, 0.2) is 58.8 Å². The molecule has 5 nitrogen and oxygen atoms in total. The van der Waals surface area contributed by atoms with Crippen LogP contribution in [0.1, 0.15) is 23.7 Å². The Labute approximate surface area is 123 Å². The summed E-state index contributed by atoms with van der Waals surface area (Å²) in [4.78, 5) is 11.7. The lowest BCUT2D eigenvalue weighted by Crippen LogP contribution is -2.23. The Morgan fingerprint density at radius 2 is 1.52 bits per heavy atom. The van der Waals surface area contributed by atoms with Gasteiger partial charge in [0.15, 0.2) is 0 Å². The fraction of sp³-hybridized carbons (Fsp3) is 0.188. The van der Waals surface area contributed by atoms with Crippen LogP contribution in [0.25, 0.3) is 0 Å². The Kier molecular flexibility index (Phi) is 5.04. The second-order valence-electron chi connectivity index (χ2n) is 4.59. The number of amides is 1. The van der Waals surface area contributed by atoms with Crippen LogP contribution in [-0.2, 0) is 0 Å². The minimum absolute atomic E-state index is 0.0705. The molecule has 0 aromatic heterocycles. The number of benzene rings is 2. The zero-order chi connectivity index (χ0) is 15.1. The number of rotatable bonds is 5. The van der Waals surface area contributed by atoms with Gasteiger partial charge in [0, 0.05) is 17.8 Å². The number of anilines is 1. The Hall–Kier alpha value is -2.69. The van der Waals surface area contributed by atoms with Gasteiger partial charge in [-0.15, -0.1) is 0 Å². The fourth-order valence-corrected chi connectivity index (χ4v) is 1.68. The number of nitrogens with zero attached hydrogens (tertiary/aromatic N) is 2. The van der Waals surface area contributed by atoms with Crippen LogP contribution in [0.5, 0.6) is 0 Å². The van der Waals surface area contributed by atoms with E-state index in [1.165, 1.54) is 0 Å². The molecule has 3 N–H and O–H groups in total. The lowest BCUT2D eigenvalue weighted by atomic mass is 10.2. The summed E-state index contributed by atoms with van der Waals surface area (Å²) in [7, 11) is 0. The SMILES string of the molecule is CCCNC(=O)c1ccc(N=Nc2ccc(N)cc2)cc1. The van der Waals surface area contributed by atoms with Crippen molar-refractivity contribution in [2.24, 2.45) is 10.2 Å². The van der Waals surface area contributed by atoms with E-state index in [-0.39, 0.29) is 5.91 Å². The molecule has 21 heavy (non-hydrogen) atoms. The highest BCUT2D eigenvalue weighted by Gasteiger charge is 2.03. The van der Waals surface area contributed by atoms with E-state index in [1.54, 1.807) is 48.5 Å². The molecule has 108 valence electrons. The Morgan fingerprint density at radius 3 is 2.05 bits per heavy atom. The first-order valence-electron chi connectivity index (χ1n) is 6.84. The predicted molar refractivity (Wildman–Crippen MR) is 84.1 cm³/mol. The third-order valence-electron chi connectivity index (χ3n) is 2.84. The molecular weight excluding hydrogens is 264 g/mol. The summed E-state index contributed by atoms with van der Waals surface area (Å²) >= 11 is 0. The number of carbonyl (C=O) groups excluding carboxylic acids is 1. The van der Waals surface area contributed by atoms with Gasteiger partial charge < -0.3 is 11.1 Å². The molecule has 0 aliphatic rings. The van der Waals surface area contributed by atoms with Crippen LogP contribution < -0.4 is 11.1 Å². The van der Waals surface area contributed by atoms with Gasteiger partial charge in [-0.05, 0) is 55.0 Å². The van der Waals surface area contributed by atoms with Crippen LogP contribution in [0, 0.1) is 0 Å². The van der Waals surface area contributed by atoms with Gasteiger partial charge >= 0.3 is 0 Å². The highest BCUT2D eigenvalue weighted by molar-refractivity contribution is 5.94. The molecule has 0 aliphatic heterocycles. The summed E-state index contributed by atoms with van der Waals surface area (Å²) in [6.07, 6.45) is 0.916. The Morgan fingerprint density at radius 1 is 1.00 bits per heavy atom. The van der Waals surface area contributed by atoms with E-state index in [2.05, 4.69) is 15.5 Å². The smallest absolute Gasteiger partial charge is 0.251 e. The minimum atomic E-state index is -0.0705. The molecule has 2 aromatic rings. The van der Waals surface area contributed by atoms with Gasteiger partial charge in [0.05, 0.1) is 11.4 Å². The summed E-state index contributed by atoms with van der Waals surface area (Å²) in [5, 5.41) is 11.1. The molecule has 0 heterocycles. The first-order chi connectivity index (χ1) is 10.2. The average Bonchev–Trinajstić information content (AvgIpc) is 2.52. The predicted octanol–water partition coefficient (Wildman–Crippen LogP) is 3.82. The third kappa shape index (κ3) is 4.42. The minimum Gasteiger partial charge on any atom is -0.399 e. The third-order valence-corrected chi connectivity index (χ3v) is 2.84. The van der Waals surface area contributed by atoms with Crippen LogP contribution >= 0.6 is 0 Å². The molecule has 0 spiro atoms. The maximum Gasteiger partial charge on any atom is 0.251 e. The molecule has 0 saturated carbocycles. The second-order valence-corrected chi connectivity index (χ2v) is 4.59. The van der Waals surface area contributed by atoms with E-state index < -0.39 is 0 Å². The Balaban J connectivity index is 2.02. The number of azo groups is 1. The van der Waals surface area contributed by atoms with Crippen LogP contribution in [-0.4, -0.2) is 12.5 Å². The summed E-state index contributed by atoms with van der Waals surface area (Å²) in [5.41, 5.74) is 8.34. The van der Waals surface area contributed by atoms with Gasteiger partial charge in [-0.25, -0.2) is 0 Å². The van der Waals surface area contributed by atoms with Gasteiger partial charge in [-0.2, -0.15) is 10.2 Å². The first kappa shape index (κ1) is 14.7. The number of nitrogens with two attached hydrogens (primary N) is 1. The van der Waals surface area contributed by atoms with Crippen molar-refractivity contribution in [1.29, 1.82) is 0 Å². The maximum absolute atomic E-state index is 11.7. The van der Waals surface area contributed by atoms with Crippen molar-refractivity contribution in [3.63, 3.8) is 0 Å². The summed E-state index contributed by atoms with van der Waals surface area (Å²) in [6.45, 7) is 2.69. The molecule has 0 radical (unpaired) electrons. The van der Waals surface area contributed by atoms with Crippen molar-refractivity contribution in [1.82, 2.24) is 5.32 Å². The second kappa shape index (κ2) is 7.19. The summed E-state index contributed by atoms with van der Waals surface area (Å²) < 4.78 is 0. The molecule has 0 unspecified atom stereocenters. The number of nitrogen functional groups attached to an aromatic ring is 1. The molecular formula is C16H18N4O. The highest BCUT2D eigenvalue weighted by atomic mass is 16.1. The van der Waals surface area contributed by atoms with E-state index in [4.69, 9.17) is 5.73 Å². The quantitative estimate of drug-likeness (QED) is 0.645. The zero-order valence-corrected chi connectivity index (χ0v) is 11.9. The molecule has 0 aliphatic carbocycles. The molecule has 0 bridgehead atoms. The van der Waals surface area contributed by atoms with E-state index in [0.717, 1.165) is 12.1 Å². The van der Waals surface area contributed by atoms with Gasteiger partial charge in [-0.3, -0.25) is 4.79 Å². The summed E-state index contributed by atoms with van der Waals surface area (Å²) in [6, 6.07) is 14.1. The van der Waals surface area contributed by atoms with Crippen molar-refractivity contribution >= 4 is 23.0 Å². The first-order valence-corrected chi connectivity index (χ1v) is 6.84. The number of hydrogen-bond donors (Lipinski definition) is 2.